The van der Waals surface area contributed by atoms with E-state index >= 15 is 0 Å². The van der Waals surface area contributed by atoms with E-state index in [1.807, 2.05) is 0 Å². The van der Waals surface area contributed by atoms with E-state index in [0.29, 0.717) is 38.4 Å². The van der Waals surface area contributed by atoms with E-state index in [1.165, 1.54) is 24.3 Å². The van der Waals surface area contributed by atoms with Crippen molar-refractivity contribution in [3.63, 3.8) is 0 Å². The molecule has 0 radical (unpaired) electrons. The Morgan fingerprint density at radius 3 is 2.25 bits per heavy atom. The molecule has 1 heterocycles. The molecule has 4 saturated carbocycles. The van der Waals surface area contributed by atoms with Crippen LogP contribution in [0.1, 0.15) is 53.8 Å². The van der Waals surface area contributed by atoms with Crippen LogP contribution in [-0.2, 0) is 11.4 Å². The quantitative estimate of drug-likeness (QED) is 0.284. The van der Waals surface area contributed by atoms with Crippen LogP contribution < -0.4 is 14.8 Å². The Morgan fingerprint density at radius 2 is 1.68 bits per heavy atom. The highest BCUT2D eigenvalue weighted by Crippen LogP contribution is 2.61. The van der Waals surface area contributed by atoms with Gasteiger partial charge in [-0.05, 0) is 92.2 Å². The Bertz CT molecular complexity index is 1420. The molecule has 4 aliphatic rings. The van der Waals surface area contributed by atoms with Crippen LogP contribution >= 0.6 is 22.9 Å². The number of benzene rings is 2. The van der Waals surface area contributed by atoms with Crippen LogP contribution in [0.2, 0.25) is 5.02 Å². The van der Waals surface area contributed by atoms with Gasteiger partial charge in [-0.15, -0.1) is 24.5 Å². The standard InChI is InChI=1S/C29H27ClF3NO5S/c30-19-3-6-21-22(10-19)40-24(23(21)38-14-15-1-4-20(5-2-15)39-29(31,32)33)26(35)34-25(27(36)37)28-11-16-7-17(12-28)9-18(8-16)13-28/h1-6,10,16-18,25H,7-9,11-14H2,(H,34,35)(H,36,37). The number of alkyl halides is 3. The predicted molar refractivity (Wildman–Crippen MR) is 144 cm³/mol. The van der Waals surface area contributed by atoms with Crippen LogP contribution in [-0.4, -0.2) is 29.4 Å². The molecule has 4 fully saturated rings. The first-order chi connectivity index (χ1) is 19.0. The lowest BCUT2D eigenvalue weighted by Crippen LogP contribution is -2.59. The number of carbonyl (C=O) groups is 2. The van der Waals surface area contributed by atoms with Crippen molar-refractivity contribution in [2.45, 2.75) is 57.5 Å². The molecule has 0 aliphatic heterocycles. The van der Waals surface area contributed by atoms with E-state index < -0.39 is 29.7 Å². The number of aliphatic carboxylic acids is 1. The van der Waals surface area contributed by atoms with Crippen LogP contribution in [0.5, 0.6) is 11.5 Å². The van der Waals surface area contributed by atoms with Crippen LogP contribution in [0.3, 0.4) is 0 Å². The van der Waals surface area contributed by atoms with Gasteiger partial charge in [0.15, 0.2) is 5.75 Å². The number of carbonyl (C=O) groups excluding carboxylic acids is 1. The maximum absolute atomic E-state index is 13.7. The van der Waals surface area contributed by atoms with E-state index in [4.69, 9.17) is 16.3 Å². The van der Waals surface area contributed by atoms with Crippen molar-refractivity contribution in [2.24, 2.45) is 23.2 Å². The normalized spacial score (nSPS) is 26.1. The number of amides is 1. The minimum Gasteiger partial charge on any atom is -0.487 e. The van der Waals surface area contributed by atoms with Crippen molar-refractivity contribution in [3.8, 4) is 11.5 Å². The number of carboxylic acids is 1. The van der Waals surface area contributed by atoms with Gasteiger partial charge in [0.05, 0.1) is 0 Å². The fraction of sp³-hybridized carbons (Fsp3) is 0.448. The van der Waals surface area contributed by atoms with E-state index in [9.17, 15) is 27.9 Å². The number of carboxylic acid groups (broad SMARTS) is 1. The first kappa shape index (κ1) is 27.2. The summed E-state index contributed by atoms with van der Waals surface area (Å²) in [4.78, 5) is 26.5. The Hall–Kier alpha value is -2.98. The average Bonchev–Trinajstić information content (AvgIpc) is 3.22. The van der Waals surface area contributed by atoms with Crippen LogP contribution in [0.15, 0.2) is 42.5 Å². The lowest BCUT2D eigenvalue weighted by atomic mass is 9.47. The van der Waals surface area contributed by atoms with E-state index in [1.54, 1.807) is 18.2 Å². The lowest BCUT2D eigenvalue weighted by Gasteiger charge is -2.58. The Kier molecular flexibility index (Phi) is 6.89. The minimum atomic E-state index is -4.79. The fourth-order valence-corrected chi connectivity index (χ4v) is 8.81. The van der Waals surface area contributed by atoms with Crippen molar-refractivity contribution >= 4 is 44.9 Å². The molecule has 0 spiro atoms. The number of rotatable bonds is 8. The highest BCUT2D eigenvalue weighted by atomic mass is 35.5. The topological polar surface area (TPSA) is 84.9 Å². The Morgan fingerprint density at radius 1 is 1.05 bits per heavy atom. The molecule has 4 bridgehead atoms. The summed E-state index contributed by atoms with van der Waals surface area (Å²) >= 11 is 7.35. The van der Waals surface area contributed by atoms with Gasteiger partial charge in [-0.2, -0.15) is 0 Å². The molecule has 3 aromatic rings. The third-order valence-corrected chi connectivity index (χ3v) is 9.94. The van der Waals surface area contributed by atoms with Gasteiger partial charge in [0.2, 0.25) is 0 Å². The number of ether oxygens (including phenoxy) is 2. The second-order valence-electron chi connectivity index (χ2n) is 11.4. The Balaban J connectivity index is 1.26. The molecule has 6 nitrogen and oxygen atoms in total. The zero-order valence-corrected chi connectivity index (χ0v) is 22.9. The SMILES string of the molecule is O=C(NC(C(=O)O)C12CC3CC(CC(C3)C1)C2)c1sc2cc(Cl)ccc2c1OCc1ccc(OC(F)(F)F)cc1. The maximum Gasteiger partial charge on any atom is 0.573 e. The van der Waals surface area contributed by atoms with Gasteiger partial charge in [0.1, 0.15) is 23.3 Å². The molecule has 0 saturated heterocycles. The van der Waals surface area contributed by atoms with E-state index in [0.717, 1.165) is 49.9 Å². The number of hydrogen-bond acceptors (Lipinski definition) is 5. The summed E-state index contributed by atoms with van der Waals surface area (Å²) in [5.41, 5.74) is 0.114. The van der Waals surface area contributed by atoms with Gasteiger partial charge in [-0.1, -0.05) is 23.7 Å². The second kappa shape index (κ2) is 10.1. The maximum atomic E-state index is 13.7. The van der Waals surface area contributed by atoms with Gasteiger partial charge in [0, 0.05) is 20.5 Å². The predicted octanol–water partition coefficient (Wildman–Crippen LogP) is 7.43. The molecular weight excluding hydrogens is 567 g/mol. The minimum absolute atomic E-state index is 0.0294. The highest BCUT2D eigenvalue weighted by molar-refractivity contribution is 7.21. The summed E-state index contributed by atoms with van der Waals surface area (Å²) in [6.45, 7) is -0.0294. The molecule has 2 N–H and O–H groups in total. The molecule has 1 atom stereocenters. The summed E-state index contributed by atoms with van der Waals surface area (Å²) in [6.07, 6.45) is 1.11. The first-order valence-electron chi connectivity index (χ1n) is 13.2. The summed E-state index contributed by atoms with van der Waals surface area (Å²) in [7, 11) is 0. The molecule has 1 aromatic heterocycles. The molecule has 11 heteroatoms. The first-order valence-corrected chi connectivity index (χ1v) is 14.4. The third kappa shape index (κ3) is 5.35. The third-order valence-electron chi connectivity index (χ3n) is 8.57. The van der Waals surface area contributed by atoms with Gasteiger partial charge in [-0.25, -0.2) is 4.79 Å². The summed E-state index contributed by atoms with van der Waals surface area (Å²) in [6, 6.07) is 9.37. The number of nitrogens with one attached hydrogen (secondary N) is 1. The van der Waals surface area contributed by atoms with E-state index in [2.05, 4.69) is 10.1 Å². The molecule has 2 aromatic carbocycles. The van der Waals surface area contributed by atoms with E-state index in [-0.39, 0.29) is 23.0 Å². The fourth-order valence-electron chi connectivity index (χ4n) is 7.49. The lowest BCUT2D eigenvalue weighted by molar-refractivity contribution is -0.274. The molecule has 4 aliphatic carbocycles. The number of thiophene rings is 1. The highest BCUT2D eigenvalue weighted by Gasteiger charge is 2.56. The zero-order chi connectivity index (χ0) is 28.2. The van der Waals surface area contributed by atoms with Gasteiger partial charge >= 0.3 is 12.3 Å². The van der Waals surface area contributed by atoms with Crippen molar-refractivity contribution in [1.82, 2.24) is 5.32 Å². The van der Waals surface area contributed by atoms with Gasteiger partial charge < -0.3 is 19.9 Å². The van der Waals surface area contributed by atoms with Crippen molar-refractivity contribution < 1.29 is 37.3 Å². The molecule has 1 amide bonds. The monoisotopic (exact) mass is 593 g/mol. The zero-order valence-electron chi connectivity index (χ0n) is 21.3. The molecule has 7 rings (SSSR count). The smallest absolute Gasteiger partial charge is 0.487 e. The van der Waals surface area contributed by atoms with Crippen molar-refractivity contribution in [3.05, 3.63) is 57.9 Å². The van der Waals surface area contributed by atoms with Crippen LogP contribution in [0.4, 0.5) is 13.2 Å². The molecule has 212 valence electrons. The molecule has 1 unspecified atom stereocenters. The molecule has 40 heavy (non-hydrogen) atoms. The van der Waals surface area contributed by atoms with Gasteiger partial charge in [0.25, 0.3) is 5.91 Å². The van der Waals surface area contributed by atoms with Crippen molar-refractivity contribution in [2.75, 3.05) is 0 Å². The summed E-state index contributed by atoms with van der Waals surface area (Å²) in [5, 5.41) is 14.3. The largest absolute Gasteiger partial charge is 0.573 e. The number of fused-ring (bicyclic) bond motifs is 1. The number of hydrogen-bond donors (Lipinski definition) is 2. The molecular formula is C29H27ClF3NO5S. The van der Waals surface area contributed by atoms with Crippen LogP contribution in [0.25, 0.3) is 10.1 Å². The van der Waals surface area contributed by atoms with Crippen molar-refractivity contribution in [1.29, 1.82) is 0 Å². The summed E-state index contributed by atoms with van der Waals surface area (Å²) < 4.78 is 48.2. The Labute approximate surface area is 237 Å². The second-order valence-corrected chi connectivity index (χ2v) is 12.9. The number of halogens is 4. The summed E-state index contributed by atoms with van der Waals surface area (Å²) in [5.74, 6) is -0.0712. The van der Waals surface area contributed by atoms with Crippen LogP contribution in [0, 0.1) is 23.2 Å². The average molecular weight is 594 g/mol. The van der Waals surface area contributed by atoms with Gasteiger partial charge in [-0.3, -0.25) is 4.79 Å².